The van der Waals surface area contributed by atoms with Crippen molar-refractivity contribution in [2.24, 2.45) is 0 Å². The third kappa shape index (κ3) is 4.96. The monoisotopic (exact) mass is 515 g/mol. The molecule has 1 aromatic heterocycles. The van der Waals surface area contributed by atoms with Crippen LogP contribution in [0.4, 0.5) is 4.39 Å². The van der Waals surface area contributed by atoms with Gasteiger partial charge in [0.25, 0.3) is 5.91 Å². The van der Waals surface area contributed by atoms with Crippen LogP contribution in [0.25, 0.3) is 23.0 Å². The standard InChI is InChI=1S/C28H22FN3O2S2/c1-2-34-24-14-13-20(15-23(24)29)26-21(18-32(30-26)22-11-7-4-8-12-22)16-25-27(33)31(28(35)36-25)17-19-9-5-3-6-10-19/h3-16,18H,2,17H2,1H3/b25-16-. The molecule has 1 saturated heterocycles. The van der Waals surface area contributed by atoms with Crippen molar-refractivity contribution in [3.05, 3.63) is 107 Å². The molecule has 5 nitrogen and oxygen atoms in total. The van der Waals surface area contributed by atoms with Gasteiger partial charge in [-0.15, -0.1) is 0 Å². The summed E-state index contributed by atoms with van der Waals surface area (Å²) < 4.78 is 22.3. The van der Waals surface area contributed by atoms with Gasteiger partial charge in [0.05, 0.1) is 23.7 Å². The Morgan fingerprint density at radius 3 is 2.47 bits per heavy atom. The van der Waals surface area contributed by atoms with Crippen molar-refractivity contribution in [2.45, 2.75) is 13.5 Å². The number of amides is 1. The van der Waals surface area contributed by atoms with Crippen LogP contribution in [-0.2, 0) is 11.3 Å². The van der Waals surface area contributed by atoms with Crippen molar-refractivity contribution < 1.29 is 13.9 Å². The second kappa shape index (κ2) is 10.5. The molecule has 4 aromatic rings. The Hall–Kier alpha value is -3.75. The summed E-state index contributed by atoms with van der Waals surface area (Å²) in [7, 11) is 0. The summed E-state index contributed by atoms with van der Waals surface area (Å²) >= 11 is 6.77. The fourth-order valence-electron chi connectivity index (χ4n) is 3.89. The predicted octanol–water partition coefficient (Wildman–Crippen LogP) is 6.48. The molecule has 0 N–H and O–H groups in total. The molecule has 0 saturated carbocycles. The Balaban J connectivity index is 1.53. The van der Waals surface area contributed by atoms with E-state index in [0.717, 1.165) is 11.3 Å². The fraction of sp³-hybridized carbons (Fsp3) is 0.107. The highest BCUT2D eigenvalue weighted by atomic mass is 32.2. The van der Waals surface area contributed by atoms with Crippen molar-refractivity contribution in [1.82, 2.24) is 14.7 Å². The molecule has 0 aliphatic carbocycles. The van der Waals surface area contributed by atoms with Crippen LogP contribution in [0.1, 0.15) is 18.1 Å². The van der Waals surface area contributed by atoms with Gasteiger partial charge in [0.2, 0.25) is 0 Å². The Morgan fingerprint density at radius 2 is 1.78 bits per heavy atom. The zero-order valence-electron chi connectivity index (χ0n) is 19.4. The number of carbonyl (C=O) groups is 1. The number of thioether (sulfide) groups is 1. The smallest absolute Gasteiger partial charge is 0.266 e. The number of carbonyl (C=O) groups excluding carboxylic acids is 1. The van der Waals surface area contributed by atoms with Crippen LogP contribution < -0.4 is 4.74 Å². The van der Waals surface area contributed by atoms with E-state index in [1.165, 1.54) is 17.8 Å². The number of thiocarbonyl (C=S) groups is 1. The molecule has 0 atom stereocenters. The van der Waals surface area contributed by atoms with Gasteiger partial charge in [-0.25, -0.2) is 9.07 Å². The molecule has 0 unspecified atom stereocenters. The van der Waals surface area contributed by atoms with Crippen molar-refractivity contribution in [3.8, 4) is 22.7 Å². The molecule has 0 bridgehead atoms. The maximum absolute atomic E-state index is 14.7. The van der Waals surface area contributed by atoms with E-state index in [0.29, 0.717) is 39.2 Å². The first-order chi connectivity index (χ1) is 17.5. The SMILES string of the molecule is CCOc1ccc(-c2nn(-c3ccccc3)cc2/C=C2\SC(=S)N(Cc3ccccc3)C2=O)cc1F. The number of nitrogens with zero attached hydrogens (tertiary/aromatic N) is 3. The molecule has 0 radical (unpaired) electrons. The number of hydrogen-bond acceptors (Lipinski definition) is 5. The molecule has 3 aromatic carbocycles. The van der Waals surface area contributed by atoms with Gasteiger partial charge in [0, 0.05) is 17.3 Å². The summed E-state index contributed by atoms with van der Waals surface area (Å²) in [6.45, 7) is 2.58. The minimum absolute atomic E-state index is 0.162. The van der Waals surface area contributed by atoms with Crippen LogP contribution in [0.5, 0.6) is 5.75 Å². The van der Waals surface area contributed by atoms with Crippen LogP contribution >= 0.6 is 24.0 Å². The second-order valence-electron chi connectivity index (χ2n) is 8.04. The van der Waals surface area contributed by atoms with E-state index in [1.807, 2.05) is 66.9 Å². The quantitative estimate of drug-likeness (QED) is 0.208. The Labute approximate surface area is 218 Å². The highest BCUT2D eigenvalue weighted by Crippen LogP contribution is 2.36. The lowest BCUT2D eigenvalue weighted by Gasteiger charge is -2.14. The highest BCUT2D eigenvalue weighted by molar-refractivity contribution is 8.26. The minimum atomic E-state index is -0.469. The van der Waals surface area contributed by atoms with Gasteiger partial charge >= 0.3 is 0 Å². The normalized spacial score (nSPS) is 14.6. The van der Waals surface area contributed by atoms with Crippen LogP contribution in [0, 0.1) is 5.82 Å². The molecule has 2 heterocycles. The number of benzene rings is 3. The summed E-state index contributed by atoms with van der Waals surface area (Å²) in [5.74, 6) is -0.444. The first kappa shape index (κ1) is 24.0. The Kier molecular flexibility index (Phi) is 6.97. The van der Waals surface area contributed by atoms with Gasteiger partial charge in [-0.3, -0.25) is 9.69 Å². The lowest BCUT2D eigenvalue weighted by molar-refractivity contribution is -0.122. The lowest BCUT2D eigenvalue weighted by atomic mass is 10.1. The van der Waals surface area contributed by atoms with Gasteiger partial charge in [-0.05, 0) is 48.9 Å². The van der Waals surface area contributed by atoms with Crippen molar-refractivity contribution in [2.75, 3.05) is 6.61 Å². The summed E-state index contributed by atoms with van der Waals surface area (Å²) in [6, 6.07) is 24.1. The summed E-state index contributed by atoms with van der Waals surface area (Å²) in [4.78, 5) is 15.4. The first-order valence-corrected chi connectivity index (χ1v) is 12.6. The number of aromatic nitrogens is 2. The Morgan fingerprint density at radius 1 is 1.06 bits per heavy atom. The molecular formula is C28H22FN3O2S2. The van der Waals surface area contributed by atoms with Crippen molar-refractivity contribution >= 4 is 40.3 Å². The number of rotatable bonds is 7. The van der Waals surface area contributed by atoms with Crippen LogP contribution in [0.2, 0.25) is 0 Å². The first-order valence-electron chi connectivity index (χ1n) is 11.4. The molecular weight excluding hydrogens is 493 g/mol. The average molecular weight is 516 g/mol. The zero-order valence-corrected chi connectivity index (χ0v) is 21.1. The molecule has 1 amide bonds. The van der Waals surface area contributed by atoms with Crippen LogP contribution in [-0.4, -0.2) is 31.5 Å². The predicted molar refractivity (Wildman–Crippen MR) is 145 cm³/mol. The molecule has 180 valence electrons. The molecule has 8 heteroatoms. The number of halogens is 1. The second-order valence-corrected chi connectivity index (χ2v) is 9.72. The fourth-order valence-corrected chi connectivity index (χ4v) is 5.14. The largest absolute Gasteiger partial charge is 0.491 e. The van der Waals surface area contributed by atoms with E-state index in [4.69, 9.17) is 22.1 Å². The van der Waals surface area contributed by atoms with E-state index in [-0.39, 0.29) is 11.7 Å². The topological polar surface area (TPSA) is 47.4 Å². The molecule has 36 heavy (non-hydrogen) atoms. The maximum Gasteiger partial charge on any atom is 0.266 e. The van der Waals surface area contributed by atoms with Crippen LogP contribution in [0.15, 0.2) is 90.0 Å². The molecule has 0 spiro atoms. The minimum Gasteiger partial charge on any atom is -0.491 e. The van der Waals surface area contributed by atoms with E-state index in [9.17, 15) is 9.18 Å². The molecule has 1 aliphatic rings. The van der Waals surface area contributed by atoms with E-state index in [1.54, 1.807) is 34.7 Å². The molecule has 5 rings (SSSR count). The van der Waals surface area contributed by atoms with E-state index < -0.39 is 5.82 Å². The number of hydrogen-bond donors (Lipinski definition) is 0. The van der Waals surface area contributed by atoms with Gasteiger partial charge in [-0.1, -0.05) is 72.5 Å². The van der Waals surface area contributed by atoms with E-state index >= 15 is 0 Å². The number of ether oxygens (including phenoxy) is 1. The van der Waals surface area contributed by atoms with E-state index in [2.05, 4.69) is 0 Å². The van der Waals surface area contributed by atoms with Gasteiger partial charge in [0.1, 0.15) is 10.0 Å². The lowest BCUT2D eigenvalue weighted by Crippen LogP contribution is -2.27. The molecule has 1 aliphatic heterocycles. The molecule has 1 fully saturated rings. The number of para-hydroxylation sites is 1. The third-order valence-corrected chi connectivity index (χ3v) is 6.99. The highest BCUT2D eigenvalue weighted by Gasteiger charge is 2.32. The average Bonchev–Trinajstić information content (AvgIpc) is 3.43. The van der Waals surface area contributed by atoms with Gasteiger partial charge in [-0.2, -0.15) is 5.10 Å². The maximum atomic E-state index is 14.7. The van der Waals surface area contributed by atoms with Crippen molar-refractivity contribution in [3.63, 3.8) is 0 Å². The van der Waals surface area contributed by atoms with Crippen LogP contribution in [0.3, 0.4) is 0 Å². The summed E-state index contributed by atoms with van der Waals surface area (Å²) in [5.41, 5.74) is 3.66. The van der Waals surface area contributed by atoms with Gasteiger partial charge < -0.3 is 4.74 Å². The zero-order chi connectivity index (χ0) is 25.1. The van der Waals surface area contributed by atoms with Crippen molar-refractivity contribution in [1.29, 1.82) is 0 Å². The third-order valence-electron chi connectivity index (χ3n) is 5.61. The summed E-state index contributed by atoms with van der Waals surface area (Å²) in [5, 5.41) is 4.74. The Bertz CT molecular complexity index is 1450. The van der Waals surface area contributed by atoms with Gasteiger partial charge in [0.15, 0.2) is 11.6 Å². The summed E-state index contributed by atoms with van der Waals surface area (Å²) in [6.07, 6.45) is 3.61.